The lowest BCUT2D eigenvalue weighted by Gasteiger charge is -2.42. The lowest BCUT2D eigenvalue weighted by molar-refractivity contribution is 0.0204. The average molecular weight is 316 g/mol. The summed E-state index contributed by atoms with van der Waals surface area (Å²) in [5, 5.41) is 0. The van der Waals surface area contributed by atoms with Gasteiger partial charge in [-0.05, 0) is 58.1 Å². The van der Waals surface area contributed by atoms with Crippen molar-refractivity contribution in [1.82, 2.24) is 4.90 Å². The highest BCUT2D eigenvalue weighted by Gasteiger charge is 2.31. The first-order valence-corrected chi connectivity index (χ1v) is 8.76. The highest BCUT2D eigenvalue weighted by atomic mass is 16.6. The summed E-state index contributed by atoms with van der Waals surface area (Å²) in [6.45, 7) is 8.47. The Morgan fingerprint density at radius 3 is 2.52 bits per heavy atom. The average Bonchev–Trinajstić information content (AvgIpc) is 2.53. The van der Waals surface area contributed by atoms with Gasteiger partial charge >= 0.3 is 6.09 Å². The Labute approximate surface area is 139 Å². The molecule has 3 rings (SSSR count). The van der Waals surface area contributed by atoms with E-state index in [0.717, 1.165) is 32.5 Å². The van der Waals surface area contributed by atoms with Crippen molar-refractivity contribution in [2.75, 3.05) is 24.5 Å². The van der Waals surface area contributed by atoms with Crippen molar-refractivity contribution >= 4 is 11.8 Å². The maximum absolute atomic E-state index is 12.2. The van der Waals surface area contributed by atoms with E-state index in [2.05, 4.69) is 29.2 Å². The molecule has 0 radical (unpaired) electrons. The van der Waals surface area contributed by atoms with Crippen molar-refractivity contribution in [2.45, 2.75) is 58.1 Å². The number of amides is 1. The lowest BCUT2D eigenvalue weighted by atomic mass is 9.96. The summed E-state index contributed by atoms with van der Waals surface area (Å²) in [6.07, 6.45) is 4.28. The standard InChI is InChI=1S/C19H28N2O2/c1-19(2,3)23-18(22)20-13-10-16(11-14-20)21-12-6-8-15-7-4-5-9-17(15)21/h4-5,7,9,16H,6,8,10-14H2,1-3H3. The Hall–Kier alpha value is -1.71. The summed E-state index contributed by atoms with van der Waals surface area (Å²) >= 11 is 0. The van der Waals surface area contributed by atoms with Crippen LogP contribution in [0.4, 0.5) is 10.5 Å². The first kappa shape index (κ1) is 16.2. The van der Waals surface area contributed by atoms with Crippen molar-refractivity contribution < 1.29 is 9.53 Å². The van der Waals surface area contributed by atoms with Crippen LogP contribution in [0.2, 0.25) is 0 Å². The summed E-state index contributed by atoms with van der Waals surface area (Å²) in [5.41, 5.74) is 2.45. The van der Waals surface area contributed by atoms with Crippen molar-refractivity contribution in [3.8, 4) is 0 Å². The minimum absolute atomic E-state index is 0.171. The number of hydrogen-bond donors (Lipinski definition) is 0. The van der Waals surface area contributed by atoms with Crippen molar-refractivity contribution in [1.29, 1.82) is 0 Å². The highest BCUT2D eigenvalue weighted by molar-refractivity contribution is 5.68. The number of aryl methyl sites for hydroxylation is 1. The summed E-state index contributed by atoms with van der Waals surface area (Å²) in [7, 11) is 0. The normalized spacial score (nSPS) is 19.4. The SMILES string of the molecule is CC(C)(C)OC(=O)N1CCC(N2CCCc3ccccc32)CC1. The Bertz CT molecular complexity index is 557. The first-order valence-electron chi connectivity index (χ1n) is 8.76. The van der Waals surface area contributed by atoms with Gasteiger partial charge in [0.15, 0.2) is 0 Å². The number of likely N-dealkylation sites (tertiary alicyclic amines) is 1. The minimum Gasteiger partial charge on any atom is -0.444 e. The number of fused-ring (bicyclic) bond motifs is 1. The maximum Gasteiger partial charge on any atom is 0.410 e. The van der Waals surface area contributed by atoms with E-state index in [1.165, 1.54) is 24.1 Å². The van der Waals surface area contributed by atoms with Crippen LogP contribution in [0.1, 0.15) is 45.6 Å². The van der Waals surface area contributed by atoms with Gasteiger partial charge < -0.3 is 14.5 Å². The smallest absolute Gasteiger partial charge is 0.410 e. The molecule has 2 heterocycles. The zero-order valence-electron chi connectivity index (χ0n) is 14.5. The van der Waals surface area contributed by atoms with Gasteiger partial charge in [-0.1, -0.05) is 18.2 Å². The summed E-state index contributed by atoms with van der Waals surface area (Å²) < 4.78 is 5.49. The Balaban J connectivity index is 1.61. The molecule has 2 aliphatic heterocycles. The topological polar surface area (TPSA) is 32.8 Å². The number of piperidine rings is 1. The number of carbonyl (C=O) groups is 1. The number of para-hydroxylation sites is 1. The number of benzene rings is 1. The van der Waals surface area contributed by atoms with Crippen LogP contribution in [0.25, 0.3) is 0 Å². The van der Waals surface area contributed by atoms with E-state index >= 15 is 0 Å². The number of ether oxygens (including phenoxy) is 1. The fourth-order valence-electron chi connectivity index (χ4n) is 3.63. The van der Waals surface area contributed by atoms with Gasteiger partial charge in [0, 0.05) is 31.4 Å². The molecule has 0 bridgehead atoms. The quantitative estimate of drug-likeness (QED) is 0.789. The monoisotopic (exact) mass is 316 g/mol. The third-order valence-corrected chi connectivity index (χ3v) is 4.70. The van der Waals surface area contributed by atoms with Crippen LogP contribution >= 0.6 is 0 Å². The van der Waals surface area contributed by atoms with Gasteiger partial charge in [-0.2, -0.15) is 0 Å². The van der Waals surface area contributed by atoms with E-state index in [9.17, 15) is 4.79 Å². The molecular weight excluding hydrogens is 288 g/mol. The molecule has 1 aromatic carbocycles. The fraction of sp³-hybridized carbons (Fsp3) is 0.632. The van der Waals surface area contributed by atoms with E-state index in [-0.39, 0.29) is 6.09 Å². The maximum atomic E-state index is 12.2. The Kier molecular flexibility index (Phi) is 4.51. The molecule has 4 heteroatoms. The van der Waals surface area contributed by atoms with Gasteiger partial charge in [-0.3, -0.25) is 0 Å². The molecule has 1 saturated heterocycles. The molecular formula is C19H28N2O2. The van der Waals surface area contributed by atoms with E-state index in [1.807, 2.05) is 25.7 Å². The van der Waals surface area contributed by atoms with Gasteiger partial charge in [-0.25, -0.2) is 4.79 Å². The molecule has 0 unspecified atom stereocenters. The van der Waals surface area contributed by atoms with Crippen LogP contribution in [0, 0.1) is 0 Å². The van der Waals surface area contributed by atoms with Gasteiger partial charge in [0.2, 0.25) is 0 Å². The minimum atomic E-state index is -0.417. The lowest BCUT2D eigenvalue weighted by Crippen LogP contribution is -2.49. The van der Waals surface area contributed by atoms with Crippen LogP contribution in [0.5, 0.6) is 0 Å². The van der Waals surface area contributed by atoms with E-state index in [4.69, 9.17) is 4.74 Å². The summed E-state index contributed by atoms with van der Waals surface area (Å²) in [6, 6.07) is 9.29. The molecule has 0 atom stereocenters. The van der Waals surface area contributed by atoms with Gasteiger partial charge in [0.1, 0.15) is 5.60 Å². The fourth-order valence-corrected chi connectivity index (χ4v) is 3.63. The number of anilines is 1. The summed E-state index contributed by atoms with van der Waals surface area (Å²) in [5.74, 6) is 0. The molecule has 1 aromatic rings. The Morgan fingerprint density at radius 2 is 1.83 bits per heavy atom. The molecule has 1 amide bonds. The summed E-state index contributed by atoms with van der Waals surface area (Å²) in [4.78, 5) is 16.6. The molecule has 0 saturated carbocycles. The second-order valence-corrected chi connectivity index (χ2v) is 7.62. The first-order chi connectivity index (χ1) is 10.9. The molecule has 0 N–H and O–H groups in total. The molecule has 1 fully saturated rings. The van der Waals surface area contributed by atoms with E-state index in [1.54, 1.807) is 0 Å². The number of rotatable bonds is 1. The number of hydrogen-bond acceptors (Lipinski definition) is 3. The second kappa shape index (κ2) is 6.42. The van der Waals surface area contributed by atoms with Crippen LogP contribution < -0.4 is 4.90 Å². The van der Waals surface area contributed by atoms with Crippen molar-refractivity contribution in [3.63, 3.8) is 0 Å². The molecule has 23 heavy (non-hydrogen) atoms. The molecule has 0 spiro atoms. The third-order valence-electron chi connectivity index (χ3n) is 4.70. The molecule has 126 valence electrons. The van der Waals surface area contributed by atoms with Crippen LogP contribution in [-0.2, 0) is 11.2 Å². The zero-order valence-corrected chi connectivity index (χ0v) is 14.5. The van der Waals surface area contributed by atoms with Gasteiger partial charge in [0.25, 0.3) is 0 Å². The Morgan fingerprint density at radius 1 is 1.13 bits per heavy atom. The van der Waals surface area contributed by atoms with E-state index in [0.29, 0.717) is 6.04 Å². The second-order valence-electron chi connectivity index (χ2n) is 7.62. The molecule has 4 nitrogen and oxygen atoms in total. The molecule has 0 aliphatic carbocycles. The molecule has 0 aromatic heterocycles. The van der Waals surface area contributed by atoms with Crippen LogP contribution in [0.15, 0.2) is 24.3 Å². The molecule has 2 aliphatic rings. The predicted octanol–water partition coefficient (Wildman–Crippen LogP) is 3.84. The highest BCUT2D eigenvalue weighted by Crippen LogP contribution is 2.31. The zero-order chi connectivity index (χ0) is 16.4. The van der Waals surface area contributed by atoms with Crippen molar-refractivity contribution in [3.05, 3.63) is 29.8 Å². The number of nitrogens with zero attached hydrogens (tertiary/aromatic N) is 2. The van der Waals surface area contributed by atoms with Crippen LogP contribution in [0.3, 0.4) is 0 Å². The van der Waals surface area contributed by atoms with Gasteiger partial charge in [-0.15, -0.1) is 0 Å². The van der Waals surface area contributed by atoms with Crippen LogP contribution in [-0.4, -0.2) is 42.3 Å². The number of carbonyl (C=O) groups excluding carboxylic acids is 1. The largest absolute Gasteiger partial charge is 0.444 e. The van der Waals surface area contributed by atoms with Gasteiger partial charge in [0.05, 0.1) is 0 Å². The van der Waals surface area contributed by atoms with Crippen molar-refractivity contribution in [2.24, 2.45) is 0 Å². The van der Waals surface area contributed by atoms with E-state index < -0.39 is 5.60 Å². The third kappa shape index (κ3) is 3.80. The predicted molar refractivity (Wildman–Crippen MR) is 92.9 cm³/mol.